The van der Waals surface area contributed by atoms with E-state index in [2.05, 4.69) is 10.3 Å². The maximum atomic E-state index is 12.3. The second kappa shape index (κ2) is 8.40. The quantitative estimate of drug-likeness (QED) is 0.685. The standard InChI is InChI=1S/C21H22N2O4/c1-4-26-15-9-10-17-16(12-15)20(11-14(2)22-17)27-13-21(24)23-18-7-5-6-8-19(18)25-3/h5-12H,4,13H2,1-3H3,(H,23,24). The molecule has 1 amide bonds. The van der Waals surface area contributed by atoms with E-state index in [1.54, 1.807) is 19.2 Å². The van der Waals surface area contributed by atoms with Crippen LogP contribution in [0.5, 0.6) is 17.2 Å². The number of rotatable bonds is 7. The first-order valence-electron chi connectivity index (χ1n) is 8.70. The van der Waals surface area contributed by atoms with Gasteiger partial charge in [-0.25, -0.2) is 0 Å². The lowest BCUT2D eigenvalue weighted by Crippen LogP contribution is -2.20. The van der Waals surface area contributed by atoms with Gasteiger partial charge in [0.25, 0.3) is 5.91 Å². The van der Waals surface area contributed by atoms with Crippen molar-refractivity contribution in [1.82, 2.24) is 4.98 Å². The third-order valence-corrected chi connectivity index (χ3v) is 3.92. The Balaban J connectivity index is 1.77. The van der Waals surface area contributed by atoms with Crippen LogP contribution < -0.4 is 19.5 Å². The van der Waals surface area contributed by atoms with Crippen molar-refractivity contribution in [2.24, 2.45) is 0 Å². The summed E-state index contributed by atoms with van der Waals surface area (Å²) in [6, 6.07) is 14.7. The first-order valence-corrected chi connectivity index (χ1v) is 8.70. The van der Waals surface area contributed by atoms with Crippen molar-refractivity contribution in [3.63, 3.8) is 0 Å². The molecule has 0 spiro atoms. The summed E-state index contributed by atoms with van der Waals surface area (Å²) in [5, 5.41) is 3.60. The van der Waals surface area contributed by atoms with E-state index in [9.17, 15) is 4.79 Å². The van der Waals surface area contributed by atoms with E-state index in [0.29, 0.717) is 23.8 Å². The lowest BCUT2D eigenvalue weighted by Gasteiger charge is -2.13. The maximum Gasteiger partial charge on any atom is 0.262 e. The van der Waals surface area contributed by atoms with Crippen molar-refractivity contribution in [3.05, 3.63) is 54.2 Å². The van der Waals surface area contributed by atoms with Gasteiger partial charge in [0.2, 0.25) is 0 Å². The van der Waals surface area contributed by atoms with Crippen LogP contribution in [0.3, 0.4) is 0 Å². The average molecular weight is 366 g/mol. The molecule has 0 atom stereocenters. The lowest BCUT2D eigenvalue weighted by molar-refractivity contribution is -0.118. The van der Waals surface area contributed by atoms with Gasteiger partial charge in [-0.3, -0.25) is 9.78 Å². The molecule has 3 aromatic rings. The number of aryl methyl sites for hydroxylation is 1. The summed E-state index contributed by atoms with van der Waals surface area (Å²) in [5.74, 6) is 1.65. The van der Waals surface area contributed by atoms with Crippen molar-refractivity contribution in [1.29, 1.82) is 0 Å². The molecule has 27 heavy (non-hydrogen) atoms. The number of carbonyl (C=O) groups is 1. The van der Waals surface area contributed by atoms with Crippen LogP contribution >= 0.6 is 0 Å². The second-order valence-electron chi connectivity index (χ2n) is 5.91. The molecule has 1 aromatic heterocycles. The molecule has 0 saturated carbocycles. The fourth-order valence-electron chi connectivity index (χ4n) is 2.75. The third-order valence-electron chi connectivity index (χ3n) is 3.92. The van der Waals surface area contributed by atoms with Crippen molar-refractivity contribution in [2.45, 2.75) is 13.8 Å². The van der Waals surface area contributed by atoms with Crippen LogP contribution in [-0.4, -0.2) is 31.2 Å². The van der Waals surface area contributed by atoms with E-state index in [-0.39, 0.29) is 12.5 Å². The van der Waals surface area contributed by atoms with Gasteiger partial charge in [0.15, 0.2) is 6.61 Å². The highest BCUT2D eigenvalue weighted by Crippen LogP contribution is 2.29. The number of fused-ring (bicyclic) bond motifs is 1. The van der Waals surface area contributed by atoms with Gasteiger partial charge >= 0.3 is 0 Å². The Labute approximate surface area is 158 Å². The van der Waals surface area contributed by atoms with E-state index in [4.69, 9.17) is 14.2 Å². The minimum atomic E-state index is -0.275. The normalized spacial score (nSPS) is 10.5. The lowest BCUT2D eigenvalue weighted by atomic mass is 10.1. The fourth-order valence-corrected chi connectivity index (χ4v) is 2.75. The van der Waals surface area contributed by atoms with Crippen molar-refractivity contribution in [3.8, 4) is 17.2 Å². The highest BCUT2D eigenvalue weighted by atomic mass is 16.5. The minimum absolute atomic E-state index is 0.129. The molecule has 0 radical (unpaired) electrons. The average Bonchev–Trinajstić information content (AvgIpc) is 2.67. The summed E-state index contributed by atoms with van der Waals surface area (Å²) < 4.78 is 16.6. The van der Waals surface area contributed by atoms with E-state index < -0.39 is 0 Å². The number of amides is 1. The molecule has 1 heterocycles. The summed E-state index contributed by atoms with van der Waals surface area (Å²) in [7, 11) is 1.56. The Morgan fingerprint density at radius 2 is 1.89 bits per heavy atom. The molecule has 3 rings (SSSR count). The number of hydrogen-bond acceptors (Lipinski definition) is 5. The smallest absolute Gasteiger partial charge is 0.262 e. The Bertz CT molecular complexity index is 956. The number of anilines is 1. The van der Waals surface area contributed by atoms with Gasteiger partial charge in [0.1, 0.15) is 17.2 Å². The fraction of sp³-hybridized carbons (Fsp3) is 0.238. The molecule has 6 nitrogen and oxygen atoms in total. The molecule has 2 aromatic carbocycles. The maximum absolute atomic E-state index is 12.3. The van der Waals surface area contributed by atoms with Crippen LogP contribution in [0.4, 0.5) is 5.69 Å². The molecular formula is C21H22N2O4. The predicted molar refractivity (Wildman–Crippen MR) is 105 cm³/mol. The van der Waals surface area contributed by atoms with Gasteiger partial charge in [-0.15, -0.1) is 0 Å². The molecular weight excluding hydrogens is 344 g/mol. The third kappa shape index (κ3) is 4.47. The molecule has 0 saturated heterocycles. The van der Waals surface area contributed by atoms with Crippen molar-refractivity contribution >= 4 is 22.5 Å². The molecule has 0 aliphatic heterocycles. The molecule has 140 valence electrons. The van der Waals surface area contributed by atoms with Crippen LogP contribution in [0.25, 0.3) is 10.9 Å². The Kier molecular flexibility index (Phi) is 5.76. The molecule has 0 unspecified atom stereocenters. The van der Waals surface area contributed by atoms with Crippen LogP contribution in [0, 0.1) is 6.92 Å². The highest BCUT2D eigenvalue weighted by molar-refractivity contribution is 5.94. The summed E-state index contributed by atoms with van der Waals surface area (Å²) >= 11 is 0. The second-order valence-corrected chi connectivity index (χ2v) is 5.91. The Morgan fingerprint density at radius 3 is 2.67 bits per heavy atom. The predicted octanol–water partition coefficient (Wildman–Crippen LogP) is 3.97. The molecule has 0 aliphatic carbocycles. The number of aromatic nitrogens is 1. The molecule has 0 bridgehead atoms. The summed E-state index contributed by atoms with van der Waals surface area (Å²) in [4.78, 5) is 16.8. The van der Waals surface area contributed by atoms with Crippen LogP contribution in [0.15, 0.2) is 48.5 Å². The van der Waals surface area contributed by atoms with Crippen molar-refractivity contribution < 1.29 is 19.0 Å². The first kappa shape index (κ1) is 18.5. The van der Waals surface area contributed by atoms with Gasteiger partial charge in [0.05, 0.1) is 24.9 Å². The van der Waals surface area contributed by atoms with Gasteiger partial charge in [-0.1, -0.05) is 12.1 Å². The van der Waals surface area contributed by atoms with E-state index in [0.717, 1.165) is 22.3 Å². The summed E-state index contributed by atoms with van der Waals surface area (Å²) in [6.45, 7) is 4.26. The number of pyridine rings is 1. The van der Waals surface area contributed by atoms with Crippen LogP contribution in [0.2, 0.25) is 0 Å². The van der Waals surface area contributed by atoms with E-state index in [1.165, 1.54) is 0 Å². The van der Waals surface area contributed by atoms with E-state index in [1.807, 2.05) is 50.2 Å². The summed E-state index contributed by atoms with van der Waals surface area (Å²) in [5.41, 5.74) is 2.20. The van der Waals surface area contributed by atoms with Crippen LogP contribution in [-0.2, 0) is 4.79 Å². The highest BCUT2D eigenvalue weighted by Gasteiger charge is 2.11. The van der Waals surface area contributed by atoms with E-state index >= 15 is 0 Å². The number of methoxy groups -OCH3 is 1. The molecule has 0 aliphatic rings. The topological polar surface area (TPSA) is 69.7 Å². The number of nitrogens with zero attached hydrogens (tertiary/aromatic N) is 1. The number of para-hydroxylation sites is 2. The molecule has 0 fully saturated rings. The van der Waals surface area contributed by atoms with Gasteiger partial charge in [-0.2, -0.15) is 0 Å². The number of benzene rings is 2. The van der Waals surface area contributed by atoms with Crippen LogP contribution in [0.1, 0.15) is 12.6 Å². The number of carbonyl (C=O) groups excluding carboxylic acids is 1. The summed E-state index contributed by atoms with van der Waals surface area (Å²) in [6.07, 6.45) is 0. The van der Waals surface area contributed by atoms with Gasteiger partial charge in [0, 0.05) is 17.1 Å². The Morgan fingerprint density at radius 1 is 1.07 bits per heavy atom. The van der Waals surface area contributed by atoms with Gasteiger partial charge < -0.3 is 19.5 Å². The van der Waals surface area contributed by atoms with Crippen molar-refractivity contribution in [2.75, 3.05) is 25.6 Å². The van der Waals surface area contributed by atoms with Gasteiger partial charge in [-0.05, 0) is 44.2 Å². The zero-order valence-corrected chi connectivity index (χ0v) is 15.6. The SMILES string of the molecule is CCOc1ccc2nc(C)cc(OCC(=O)Nc3ccccc3OC)c2c1. The zero-order valence-electron chi connectivity index (χ0n) is 15.6. The number of ether oxygens (including phenoxy) is 3. The molecule has 6 heteroatoms. The number of nitrogens with one attached hydrogen (secondary N) is 1. The minimum Gasteiger partial charge on any atom is -0.495 e. The monoisotopic (exact) mass is 366 g/mol. The first-order chi connectivity index (χ1) is 13.1. The Hall–Kier alpha value is -3.28. The molecule has 1 N–H and O–H groups in total. The number of hydrogen-bond donors (Lipinski definition) is 1. The largest absolute Gasteiger partial charge is 0.495 e. The zero-order chi connectivity index (χ0) is 19.2.